The average molecular weight is 525 g/mol. The maximum Gasteiger partial charge on any atom is 0.522 e. The van der Waals surface area contributed by atoms with Crippen LogP contribution in [0.3, 0.4) is 0 Å². The number of carbonyl (C=O) groups is 4. The second-order valence-electron chi connectivity index (χ2n) is 10.8. The van der Waals surface area contributed by atoms with E-state index in [0.29, 0.717) is 25.9 Å². The topological polar surface area (TPSA) is 105 Å². The van der Waals surface area contributed by atoms with Crippen molar-refractivity contribution >= 4 is 62.7 Å². The Hall–Kier alpha value is -1.85. The molecular formula is C22H27B5F3N3O5. The van der Waals surface area contributed by atoms with Crippen molar-refractivity contribution in [1.82, 2.24) is 15.5 Å². The molecule has 0 unspecified atom stereocenters. The van der Waals surface area contributed by atoms with Gasteiger partial charge in [0.1, 0.15) is 12.6 Å². The standard InChI is InChI=1S/C22H27B5F3N3O5/c23-20(24,21(25,26)27)4-1-2-16(35)33-11-19(5-6-19)9-14(33)18(37)32-13(8-12-3-7-31-17(12)36)15(34)10-38-22(28,29)30/h12-14H,1-11H2,(H,31,36)(H,32,37)/t12-,13-,14-/m0/s1. The van der Waals surface area contributed by atoms with Gasteiger partial charge in [0, 0.05) is 49.0 Å². The Balaban J connectivity index is 1.67. The third-order valence-corrected chi connectivity index (χ3v) is 7.64. The van der Waals surface area contributed by atoms with Crippen molar-refractivity contribution in [1.29, 1.82) is 0 Å². The van der Waals surface area contributed by atoms with E-state index in [1.54, 1.807) is 0 Å². The average Bonchev–Trinajstić information content (AvgIpc) is 3.24. The first kappa shape index (κ1) is 30.7. The summed E-state index contributed by atoms with van der Waals surface area (Å²) in [6.07, 6.45) is -2.69. The fraction of sp³-hybridized carbons (Fsp3) is 0.818. The summed E-state index contributed by atoms with van der Waals surface area (Å²) in [5.41, 5.74) is -0.214. The molecule has 1 spiro atoms. The Morgan fingerprint density at radius 2 is 1.82 bits per heavy atom. The van der Waals surface area contributed by atoms with E-state index in [0.717, 1.165) is 12.8 Å². The number of likely N-dealkylation sites (tertiary alicyclic amines) is 1. The molecule has 3 aliphatic rings. The molecule has 3 atom stereocenters. The van der Waals surface area contributed by atoms with E-state index in [-0.39, 0.29) is 42.9 Å². The molecule has 196 valence electrons. The molecule has 16 heteroatoms. The van der Waals surface area contributed by atoms with Crippen LogP contribution in [0.2, 0.25) is 10.3 Å². The first-order valence-corrected chi connectivity index (χ1v) is 12.5. The molecule has 38 heavy (non-hydrogen) atoms. The van der Waals surface area contributed by atoms with Crippen LogP contribution in [-0.4, -0.2) is 106 Å². The minimum atomic E-state index is -5.04. The van der Waals surface area contributed by atoms with Gasteiger partial charge in [-0.3, -0.25) is 23.9 Å². The smallest absolute Gasteiger partial charge is 0.356 e. The zero-order chi connectivity index (χ0) is 28.5. The number of ether oxygens (including phenoxy) is 1. The van der Waals surface area contributed by atoms with Crippen LogP contribution in [-0.2, 0) is 23.9 Å². The van der Waals surface area contributed by atoms with Crippen molar-refractivity contribution in [2.24, 2.45) is 11.3 Å². The molecule has 1 saturated carbocycles. The van der Waals surface area contributed by atoms with Crippen molar-refractivity contribution in [2.45, 2.75) is 80.1 Å². The normalized spacial score (nSPS) is 23.8. The summed E-state index contributed by atoms with van der Waals surface area (Å²) < 4.78 is 41.2. The number of nitrogens with zero attached hydrogens (tertiary/aromatic N) is 1. The summed E-state index contributed by atoms with van der Waals surface area (Å²) in [7, 11) is 28.4. The van der Waals surface area contributed by atoms with E-state index in [1.807, 2.05) is 0 Å². The summed E-state index contributed by atoms with van der Waals surface area (Å²) in [5.74, 6) is -3.07. The quantitative estimate of drug-likeness (QED) is 0.341. The van der Waals surface area contributed by atoms with Gasteiger partial charge in [0.15, 0.2) is 5.78 Å². The highest BCUT2D eigenvalue weighted by Gasteiger charge is 2.55. The number of ketones is 1. The molecule has 2 N–H and O–H groups in total. The summed E-state index contributed by atoms with van der Waals surface area (Å²) in [5, 5.41) is 1.56. The van der Waals surface area contributed by atoms with Gasteiger partial charge in [0.25, 0.3) is 0 Å². The number of rotatable bonds is 12. The lowest BCUT2D eigenvalue weighted by Crippen LogP contribution is -2.52. The molecule has 0 aromatic heterocycles. The molecule has 2 heterocycles. The Labute approximate surface area is 226 Å². The van der Waals surface area contributed by atoms with E-state index in [9.17, 15) is 32.3 Å². The van der Waals surface area contributed by atoms with Crippen LogP contribution in [0.5, 0.6) is 0 Å². The molecule has 1 aliphatic carbocycles. The number of alkyl halides is 3. The Bertz CT molecular complexity index is 943. The molecule has 2 aliphatic heterocycles. The van der Waals surface area contributed by atoms with E-state index in [1.165, 1.54) is 4.90 Å². The van der Waals surface area contributed by atoms with Crippen molar-refractivity contribution < 1.29 is 37.1 Å². The van der Waals surface area contributed by atoms with Gasteiger partial charge in [0.2, 0.25) is 17.7 Å². The first-order valence-electron chi connectivity index (χ1n) is 12.5. The molecular weight excluding hydrogens is 497 g/mol. The number of amides is 3. The highest BCUT2D eigenvalue weighted by atomic mass is 19.4. The van der Waals surface area contributed by atoms with Crippen LogP contribution >= 0.6 is 0 Å². The number of hydrogen-bond donors (Lipinski definition) is 2. The molecule has 8 nitrogen and oxygen atoms in total. The number of nitrogens with one attached hydrogen (secondary N) is 2. The number of hydrogen-bond acceptors (Lipinski definition) is 5. The molecule has 3 fully saturated rings. The zero-order valence-corrected chi connectivity index (χ0v) is 21.0. The predicted octanol–water partition coefficient (Wildman–Crippen LogP) is -0.313. The summed E-state index contributed by atoms with van der Waals surface area (Å²) in [4.78, 5) is 52.4. The van der Waals surface area contributed by atoms with Crippen molar-refractivity contribution in [3.05, 3.63) is 0 Å². The molecule has 0 aromatic rings. The molecule has 3 rings (SSSR count). The number of Topliss-reactive ketones (excluding diaryl/α,β-unsaturated/α-hetero) is 1. The van der Waals surface area contributed by atoms with Crippen molar-refractivity contribution in [3.63, 3.8) is 0 Å². The monoisotopic (exact) mass is 525 g/mol. The van der Waals surface area contributed by atoms with Crippen molar-refractivity contribution in [3.8, 4) is 0 Å². The first-order chi connectivity index (χ1) is 17.4. The van der Waals surface area contributed by atoms with Crippen LogP contribution < -0.4 is 10.6 Å². The highest BCUT2D eigenvalue weighted by molar-refractivity contribution is 6.67. The highest BCUT2D eigenvalue weighted by Crippen LogP contribution is 2.55. The lowest BCUT2D eigenvalue weighted by Gasteiger charge is -2.42. The van der Waals surface area contributed by atoms with Gasteiger partial charge in [-0.1, -0.05) is 6.42 Å². The van der Waals surface area contributed by atoms with Crippen LogP contribution in [0, 0.1) is 11.3 Å². The lowest BCUT2D eigenvalue weighted by molar-refractivity contribution is -0.321. The predicted molar refractivity (Wildman–Crippen MR) is 134 cm³/mol. The van der Waals surface area contributed by atoms with E-state index in [4.69, 9.17) is 39.2 Å². The summed E-state index contributed by atoms with van der Waals surface area (Å²) in [6.45, 7) is -0.627. The number of carbonyl (C=O) groups excluding carboxylic acids is 4. The molecule has 3 amide bonds. The number of halogens is 3. The summed E-state index contributed by atoms with van der Waals surface area (Å²) in [6, 6.07) is -2.33. The van der Waals surface area contributed by atoms with Crippen LogP contribution in [0.25, 0.3) is 0 Å². The Kier molecular flexibility index (Phi) is 9.15. The van der Waals surface area contributed by atoms with Gasteiger partial charge in [-0.2, -0.15) is 0 Å². The minimum Gasteiger partial charge on any atom is -0.356 e. The van der Waals surface area contributed by atoms with E-state index < -0.39 is 53.0 Å². The van der Waals surface area contributed by atoms with Gasteiger partial charge in [-0.05, 0) is 43.9 Å². The maximum atomic E-state index is 13.3. The third-order valence-electron chi connectivity index (χ3n) is 7.64. The van der Waals surface area contributed by atoms with Gasteiger partial charge >= 0.3 is 6.36 Å². The van der Waals surface area contributed by atoms with Gasteiger partial charge in [-0.15, -0.1) is 23.5 Å². The lowest BCUT2D eigenvalue weighted by atomic mass is 9.22. The maximum absolute atomic E-state index is 13.3. The second-order valence-corrected chi connectivity index (χ2v) is 10.8. The van der Waals surface area contributed by atoms with E-state index in [2.05, 4.69) is 15.4 Å². The molecule has 2 saturated heterocycles. The Morgan fingerprint density at radius 1 is 1.16 bits per heavy atom. The SMILES string of the molecule is [B]C([B])([B])C([B])([B])CCCC(=O)N1CC2(CC2)C[C@H]1C(=O)N[C@@H](C[C@@H]1CCNC1=O)C(=O)COC(F)(F)F. The zero-order valence-electron chi connectivity index (χ0n) is 21.0. The molecule has 0 aromatic carbocycles. The third kappa shape index (κ3) is 7.85. The van der Waals surface area contributed by atoms with Crippen LogP contribution in [0.15, 0.2) is 0 Å². The Morgan fingerprint density at radius 3 is 2.34 bits per heavy atom. The largest absolute Gasteiger partial charge is 0.522 e. The van der Waals surface area contributed by atoms with Crippen molar-refractivity contribution in [2.75, 3.05) is 19.7 Å². The fourth-order valence-electron chi connectivity index (χ4n) is 4.93. The van der Waals surface area contributed by atoms with E-state index >= 15 is 0 Å². The second kappa shape index (κ2) is 11.3. The van der Waals surface area contributed by atoms with Crippen LogP contribution in [0.1, 0.15) is 51.4 Å². The van der Waals surface area contributed by atoms with Gasteiger partial charge in [0.05, 0.1) is 21.7 Å². The van der Waals surface area contributed by atoms with Gasteiger partial charge < -0.3 is 15.5 Å². The molecule has 0 bridgehead atoms. The summed E-state index contributed by atoms with van der Waals surface area (Å²) >= 11 is 0. The molecule has 10 radical (unpaired) electrons. The van der Waals surface area contributed by atoms with Gasteiger partial charge in [-0.25, -0.2) is 0 Å². The fourth-order valence-corrected chi connectivity index (χ4v) is 4.93. The van der Waals surface area contributed by atoms with Crippen LogP contribution in [0.4, 0.5) is 13.2 Å². The minimum absolute atomic E-state index is 0.0251.